The van der Waals surface area contributed by atoms with Crippen molar-refractivity contribution in [1.29, 1.82) is 0 Å². The first-order valence-corrected chi connectivity index (χ1v) is 10.7. The number of hydrogen-bond donors (Lipinski definition) is 1. The molecule has 0 spiro atoms. The number of halogens is 1. The van der Waals surface area contributed by atoms with Gasteiger partial charge in [0.25, 0.3) is 0 Å². The smallest absolute Gasteiger partial charge is 0.151 e. The fourth-order valence-corrected chi connectivity index (χ4v) is 8.04. The second kappa shape index (κ2) is 5.98. The van der Waals surface area contributed by atoms with Crippen LogP contribution in [-0.4, -0.2) is 22.9 Å². The third-order valence-electron chi connectivity index (χ3n) is 9.16. The summed E-state index contributed by atoms with van der Waals surface area (Å²) in [6.45, 7) is 4.93. The van der Waals surface area contributed by atoms with Crippen molar-refractivity contribution in [1.82, 2.24) is 0 Å². The molecule has 0 unspecified atom stereocenters. The van der Waals surface area contributed by atoms with E-state index in [9.17, 15) is 9.90 Å². The topological polar surface area (TPSA) is 37.3 Å². The Bertz CT molecular complexity index is 520. The summed E-state index contributed by atoms with van der Waals surface area (Å²) in [7, 11) is 0. The average molecular weight is 353 g/mol. The van der Waals surface area contributed by atoms with Crippen LogP contribution in [-0.2, 0) is 4.79 Å². The standard InChI is InChI=1S/C21H33ClO2/c1-20-9-7-14(23)11-13(20)3-4-15-16-5-6-18(19(24)12-22)21(16,2)10-8-17(15)20/h13-18,23H,3-12H2,1-2H3/t13-,14+,15+,16-,17+,18+,20-,21-/m0/s1. The van der Waals surface area contributed by atoms with Gasteiger partial charge in [-0.15, -0.1) is 11.6 Å². The number of aliphatic hydroxyl groups excluding tert-OH is 1. The first kappa shape index (κ1) is 17.3. The van der Waals surface area contributed by atoms with Gasteiger partial charge in [-0.25, -0.2) is 0 Å². The van der Waals surface area contributed by atoms with Gasteiger partial charge in [-0.3, -0.25) is 4.79 Å². The van der Waals surface area contributed by atoms with E-state index in [-0.39, 0.29) is 23.3 Å². The molecule has 0 aromatic heterocycles. The third-order valence-corrected chi connectivity index (χ3v) is 9.42. The number of carbonyl (C=O) groups excluding carboxylic acids is 1. The second-order valence-electron chi connectivity index (χ2n) is 9.86. The molecule has 0 aromatic carbocycles. The highest BCUT2D eigenvalue weighted by atomic mass is 35.5. The Balaban J connectivity index is 1.60. The fourth-order valence-electron chi connectivity index (χ4n) is 7.86. The van der Waals surface area contributed by atoms with Crippen molar-refractivity contribution >= 4 is 17.4 Å². The SMILES string of the molecule is C[C@]12CC[C@@H](O)C[C@@H]1CC[C@H]1[C@H]2CC[C@]2(C)[C@@H](C(=O)CCl)CC[C@@H]12. The molecule has 8 atom stereocenters. The highest BCUT2D eigenvalue weighted by molar-refractivity contribution is 6.28. The zero-order valence-electron chi connectivity index (χ0n) is 15.3. The maximum absolute atomic E-state index is 12.4. The molecule has 136 valence electrons. The number of carbonyl (C=O) groups is 1. The van der Waals surface area contributed by atoms with E-state index in [0.717, 1.165) is 37.0 Å². The van der Waals surface area contributed by atoms with Gasteiger partial charge < -0.3 is 5.11 Å². The van der Waals surface area contributed by atoms with Gasteiger partial charge in [-0.2, -0.15) is 0 Å². The highest BCUT2D eigenvalue weighted by Gasteiger charge is 2.60. The van der Waals surface area contributed by atoms with Gasteiger partial charge in [0.05, 0.1) is 12.0 Å². The minimum Gasteiger partial charge on any atom is -0.393 e. The van der Waals surface area contributed by atoms with E-state index in [1.165, 1.54) is 38.5 Å². The van der Waals surface area contributed by atoms with Crippen LogP contribution in [0, 0.1) is 40.4 Å². The molecule has 4 aliphatic rings. The molecule has 2 nitrogen and oxygen atoms in total. The number of rotatable bonds is 2. The van der Waals surface area contributed by atoms with Crippen LogP contribution in [0.2, 0.25) is 0 Å². The summed E-state index contributed by atoms with van der Waals surface area (Å²) < 4.78 is 0. The molecule has 0 aliphatic heterocycles. The maximum atomic E-state index is 12.4. The van der Waals surface area contributed by atoms with Crippen molar-refractivity contribution in [2.75, 3.05) is 5.88 Å². The van der Waals surface area contributed by atoms with Crippen LogP contribution in [0.4, 0.5) is 0 Å². The third kappa shape index (κ3) is 2.35. The number of aliphatic hydroxyl groups is 1. The Kier molecular flexibility index (Phi) is 4.32. The molecule has 4 rings (SSSR count). The number of hydrogen-bond acceptors (Lipinski definition) is 2. The van der Waals surface area contributed by atoms with E-state index in [4.69, 9.17) is 11.6 Å². The van der Waals surface area contributed by atoms with Gasteiger partial charge in [0.1, 0.15) is 0 Å². The van der Waals surface area contributed by atoms with Gasteiger partial charge in [0, 0.05) is 5.92 Å². The molecule has 0 aromatic rings. The summed E-state index contributed by atoms with van der Waals surface area (Å²) in [5.41, 5.74) is 0.628. The zero-order valence-corrected chi connectivity index (χ0v) is 16.0. The molecule has 0 bridgehead atoms. The predicted molar refractivity (Wildman–Crippen MR) is 97.0 cm³/mol. The van der Waals surface area contributed by atoms with Crippen LogP contribution < -0.4 is 0 Å². The summed E-state index contributed by atoms with van der Waals surface area (Å²) >= 11 is 5.92. The normalized spacial score (nSPS) is 53.8. The van der Waals surface area contributed by atoms with Gasteiger partial charge in [0.15, 0.2) is 5.78 Å². The lowest BCUT2D eigenvalue weighted by Gasteiger charge is -2.60. The first-order valence-electron chi connectivity index (χ1n) is 10.2. The number of fused-ring (bicyclic) bond motifs is 5. The molecule has 3 heteroatoms. The maximum Gasteiger partial charge on any atom is 0.151 e. The lowest BCUT2D eigenvalue weighted by molar-refractivity contribution is -0.138. The lowest BCUT2D eigenvalue weighted by Crippen LogP contribution is -2.54. The van der Waals surface area contributed by atoms with E-state index in [2.05, 4.69) is 13.8 Å². The van der Waals surface area contributed by atoms with E-state index >= 15 is 0 Å². The lowest BCUT2D eigenvalue weighted by atomic mass is 9.44. The summed E-state index contributed by atoms with van der Waals surface area (Å²) in [4.78, 5) is 12.4. The van der Waals surface area contributed by atoms with Crippen molar-refractivity contribution < 1.29 is 9.90 Å². The molecule has 4 fully saturated rings. The van der Waals surface area contributed by atoms with Gasteiger partial charge in [-0.05, 0) is 92.3 Å². The molecule has 1 N–H and O–H groups in total. The van der Waals surface area contributed by atoms with Crippen LogP contribution in [0.15, 0.2) is 0 Å². The van der Waals surface area contributed by atoms with Gasteiger partial charge in [-0.1, -0.05) is 13.8 Å². The molecule has 0 radical (unpaired) electrons. The quantitative estimate of drug-likeness (QED) is 0.724. The number of Topliss-reactive ketones (excluding diaryl/α,β-unsaturated/α-hetero) is 1. The van der Waals surface area contributed by atoms with Gasteiger partial charge >= 0.3 is 0 Å². The van der Waals surface area contributed by atoms with Crippen LogP contribution in [0.1, 0.15) is 71.6 Å². The van der Waals surface area contributed by atoms with Crippen molar-refractivity contribution in [2.24, 2.45) is 40.4 Å². The number of ketones is 1. The minimum absolute atomic E-state index is 0.0642. The summed E-state index contributed by atoms with van der Waals surface area (Å²) in [5, 5.41) is 10.1. The van der Waals surface area contributed by atoms with E-state index in [0.29, 0.717) is 17.1 Å². The summed E-state index contributed by atoms with van der Waals surface area (Å²) in [6, 6.07) is 0. The molecule has 0 saturated heterocycles. The van der Waals surface area contributed by atoms with E-state index in [1.54, 1.807) is 0 Å². The Morgan fingerprint density at radius 3 is 2.46 bits per heavy atom. The Hall–Kier alpha value is -0.0800. The van der Waals surface area contributed by atoms with Gasteiger partial charge in [0.2, 0.25) is 0 Å². The van der Waals surface area contributed by atoms with E-state index in [1.807, 2.05) is 0 Å². The molecule has 24 heavy (non-hydrogen) atoms. The van der Waals surface area contributed by atoms with Crippen molar-refractivity contribution in [3.63, 3.8) is 0 Å². The Morgan fingerprint density at radius 1 is 1.00 bits per heavy atom. The van der Waals surface area contributed by atoms with Crippen molar-refractivity contribution in [3.05, 3.63) is 0 Å². The zero-order chi connectivity index (χ0) is 17.1. The highest BCUT2D eigenvalue weighted by Crippen LogP contribution is 2.67. The average Bonchev–Trinajstić information content (AvgIpc) is 2.92. The minimum atomic E-state index is -0.0642. The molecule has 0 heterocycles. The molecular weight excluding hydrogens is 320 g/mol. The first-order chi connectivity index (χ1) is 11.4. The van der Waals surface area contributed by atoms with Crippen LogP contribution in [0.3, 0.4) is 0 Å². The Morgan fingerprint density at radius 2 is 1.71 bits per heavy atom. The second-order valence-corrected chi connectivity index (χ2v) is 10.1. The Labute approximate surface area is 151 Å². The monoisotopic (exact) mass is 352 g/mol. The van der Waals surface area contributed by atoms with Crippen molar-refractivity contribution in [3.8, 4) is 0 Å². The molecule has 0 amide bonds. The molecular formula is C21H33ClO2. The van der Waals surface area contributed by atoms with Crippen LogP contribution >= 0.6 is 11.6 Å². The van der Waals surface area contributed by atoms with Crippen LogP contribution in [0.5, 0.6) is 0 Å². The van der Waals surface area contributed by atoms with E-state index < -0.39 is 0 Å². The predicted octanol–water partition coefficient (Wildman–Crippen LogP) is 4.81. The molecule has 4 saturated carbocycles. The molecule has 4 aliphatic carbocycles. The summed E-state index contributed by atoms with van der Waals surface area (Å²) in [5.74, 6) is 3.74. The largest absolute Gasteiger partial charge is 0.393 e. The van der Waals surface area contributed by atoms with Crippen molar-refractivity contribution in [2.45, 2.75) is 77.7 Å². The number of alkyl halides is 1. The van der Waals surface area contributed by atoms with Crippen LogP contribution in [0.25, 0.3) is 0 Å². The summed E-state index contributed by atoms with van der Waals surface area (Å²) in [6.07, 6.45) is 10.5. The fraction of sp³-hybridized carbons (Fsp3) is 0.952.